The molecule has 0 atom stereocenters. The van der Waals surface area contributed by atoms with Gasteiger partial charge in [-0.2, -0.15) is 5.10 Å². The van der Waals surface area contributed by atoms with Crippen LogP contribution in [0.3, 0.4) is 0 Å². The zero-order valence-electron chi connectivity index (χ0n) is 13.6. The third-order valence-corrected chi connectivity index (χ3v) is 3.90. The Balaban J connectivity index is 1.97. The van der Waals surface area contributed by atoms with E-state index >= 15 is 0 Å². The zero-order chi connectivity index (χ0) is 17.6. The van der Waals surface area contributed by atoms with Crippen LogP contribution in [0.1, 0.15) is 5.56 Å². The molecule has 0 amide bonds. The zero-order valence-corrected chi connectivity index (χ0v) is 14.3. The SMILES string of the molecule is NCCOC(=O)Cc1cn(-c2ccccc2)nc1-c1ccc(Cl)cc1. The number of hydrogen-bond donors (Lipinski definition) is 1. The minimum Gasteiger partial charge on any atom is -0.464 e. The molecule has 1 aromatic heterocycles. The summed E-state index contributed by atoms with van der Waals surface area (Å²) in [5.41, 5.74) is 8.70. The Bertz CT molecular complexity index is 845. The summed E-state index contributed by atoms with van der Waals surface area (Å²) >= 11 is 5.97. The Morgan fingerprint density at radius 2 is 1.84 bits per heavy atom. The number of para-hydroxylation sites is 1. The highest BCUT2D eigenvalue weighted by Gasteiger charge is 2.16. The largest absolute Gasteiger partial charge is 0.464 e. The molecule has 1 heterocycles. The number of halogens is 1. The first-order valence-electron chi connectivity index (χ1n) is 7.93. The summed E-state index contributed by atoms with van der Waals surface area (Å²) in [6, 6.07) is 17.1. The van der Waals surface area contributed by atoms with Gasteiger partial charge in [-0.1, -0.05) is 41.9 Å². The summed E-state index contributed by atoms with van der Waals surface area (Å²) in [7, 11) is 0. The number of nitrogens with zero attached hydrogens (tertiary/aromatic N) is 2. The van der Waals surface area contributed by atoms with Gasteiger partial charge in [0.1, 0.15) is 6.61 Å². The van der Waals surface area contributed by atoms with Gasteiger partial charge in [0, 0.05) is 28.9 Å². The Hall–Kier alpha value is -2.63. The van der Waals surface area contributed by atoms with E-state index in [2.05, 4.69) is 5.10 Å². The number of aromatic nitrogens is 2. The van der Waals surface area contributed by atoms with Gasteiger partial charge < -0.3 is 10.5 Å². The van der Waals surface area contributed by atoms with Gasteiger partial charge in [0.2, 0.25) is 0 Å². The monoisotopic (exact) mass is 355 g/mol. The van der Waals surface area contributed by atoms with Crippen molar-refractivity contribution >= 4 is 17.6 Å². The van der Waals surface area contributed by atoms with Gasteiger partial charge in [0.05, 0.1) is 17.8 Å². The maximum atomic E-state index is 12.0. The second-order valence-electron chi connectivity index (χ2n) is 5.48. The number of hydrogen-bond acceptors (Lipinski definition) is 4. The van der Waals surface area contributed by atoms with E-state index in [1.54, 1.807) is 16.8 Å². The van der Waals surface area contributed by atoms with Gasteiger partial charge in [0.25, 0.3) is 0 Å². The molecule has 2 aromatic carbocycles. The number of esters is 1. The lowest BCUT2D eigenvalue weighted by Gasteiger charge is -2.04. The van der Waals surface area contributed by atoms with E-state index in [-0.39, 0.29) is 19.0 Å². The molecule has 0 bridgehead atoms. The molecule has 0 aliphatic heterocycles. The number of carbonyl (C=O) groups is 1. The van der Waals surface area contributed by atoms with Crippen LogP contribution < -0.4 is 5.73 Å². The van der Waals surface area contributed by atoms with Gasteiger partial charge in [-0.15, -0.1) is 0 Å². The van der Waals surface area contributed by atoms with Crippen LogP contribution in [-0.4, -0.2) is 28.9 Å². The first-order valence-corrected chi connectivity index (χ1v) is 8.31. The van der Waals surface area contributed by atoms with Crippen LogP contribution in [0.5, 0.6) is 0 Å². The maximum absolute atomic E-state index is 12.0. The van der Waals surface area contributed by atoms with Crippen LogP contribution in [0.25, 0.3) is 16.9 Å². The highest BCUT2D eigenvalue weighted by molar-refractivity contribution is 6.30. The molecular formula is C19H18ClN3O2. The maximum Gasteiger partial charge on any atom is 0.310 e. The molecule has 0 spiro atoms. The third-order valence-electron chi connectivity index (χ3n) is 3.64. The highest BCUT2D eigenvalue weighted by atomic mass is 35.5. The van der Waals surface area contributed by atoms with Gasteiger partial charge in [-0.25, -0.2) is 4.68 Å². The average molecular weight is 356 g/mol. The fraction of sp³-hybridized carbons (Fsp3) is 0.158. The van der Waals surface area contributed by atoms with Crippen LogP contribution in [-0.2, 0) is 16.0 Å². The van der Waals surface area contributed by atoms with Gasteiger partial charge >= 0.3 is 5.97 Å². The molecule has 2 N–H and O–H groups in total. The molecule has 128 valence electrons. The fourth-order valence-corrected chi connectivity index (χ4v) is 2.61. The second-order valence-corrected chi connectivity index (χ2v) is 5.91. The summed E-state index contributed by atoms with van der Waals surface area (Å²) in [6.45, 7) is 0.515. The van der Waals surface area contributed by atoms with Crippen LogP contribution in [0.2, 0.25) is 5.02 Å². The van der Waals surface area contributed by atoms with E-state index < -0.39 is 0 Å². The minimum absolute atomic E-state index is 0.130. The molecule has 5 nitrogen and oxygen atoms in total. The lowest BCUT2D eigenvalue weighted by atomic mass is 10.1. The molecule has 25 heavy (non-hydrogen) atoms. The van der Waals surface area contributed by atoms with E-state index in [1.807, 2.05) is 48.7 Å². The predicted molar refractivity (Wildman–Crippen MR) is 97.7 cm³/mol. The van der Waals surface area contributed by atoms with Crippen molar-refractivity contribution in [2.24, 2.45) is 5.73 Å². The number of ether oxygens (including phenoxy) is 1. The summed E-state index contributed by atoms with van der Waals surface area (Å²) in [5, 5.41) is 5.30. The van der Waals surface area contributed by atoms with Crippen molar-refractivity contribution in [1.29, 1.82) is 0 Å². The lowest BCUT2D eigenvalue weighted by molar-refractivity contribution is -0.142. The Kier molecular flexibility index (Phi) is 5.48. The van der Waals surface area contributed by atoms with Crippen molar-refractivity contribution in [3.63, 3.8) is 0 Å². The molecule has 0 radical (unpaired) electrons. The molecular weight excluding hydrogens is 338 g/mol. The van der Waals surface area contributed by atoms with Crippen LogP contribution in [0.15, 0.2) is 60.8 Å². The fourth-order valence-electron chi connectivity index (χ4n) is 2.48. The minimum atomic E-state index is -0.326. The third kappa shape index (κ3) is 4.26. The molecule has 0 saturated carbocycles. The van der Waals surface area contributed by atoms with Crippen molar-refractivity contribution in [2.75, 3.05) is 13.2 Å². The van der Waals surface area contributed by atoms with E-state index in [0.29, 0.717) is 11.6 Å². The second kappa shape index (κ2) is 7.96. The number of carbonyl (C=O) groups excluding carboxylic acids is 1. The Labute approximate surface area is 151 Å². The number of nitrogens with two attached hydrogens (primary N) is 1. The van der Waals surface area contributed by atoms with Gasteiger partial charge in [-0.3, -0.25) is 4.79 Å². The summed E-state index contributed by atoms with van der Waals surface area (Å²) < 4.78 is 6.86. The van der Waals surface area contributed by atoms with Crippen molar-refractivity contribution in [3.05, 3.63) is 71.4 Å². The topological polar surface area (TPSA) is 70.1 Å². The summed E-state index contributed by atoms with van der Waals surface area (Å²) in [4.78, 5) is 12.0. The van der Waals surface area contributed by atoms with Crippen molar-refractivity contribution < 1.29 is 9.53 Å². The first kappa shape index (κ1) is 17.2. The molecule has 3 aromatic rings. The molecule has 6 heteroatoms. The number of rotatable bonds is 6. The average Bonchev–Trinajstić information content (AvgIpc) is 3.05. The summed E-state index contributed by atoms with van der Waals surface area (Å²) in [5.74, 6) is -0.326. The smallest absolute Gasteiger partial charge is 0.310 e. The van der Waals surface area contributed by atoms with Crippen molar-refractivity contribution in [2.45, 2.75) is 6.42 Å². The molecule has 0 saturated heterocycles. The molecule has 0 aliphatic rings. The van der Waals surface area contributed by atoms with E-state index in [0.717, 1.165) is 22.5 Å². The van der Waals surface area contributed by atoms with Gasteiger partial charge in [0.15, 0.2) is 0 Å². The normalized spacial score (nSPS) is 10.6. The Morgan fingerprint density at radius 3 is 2.52 bits per heavy atom. The van der Waals surface area contributed by atoms with E-state index in [9.17, 15) is 4.79 Å². The predicted octanol–water partition coefficient (Wildman–Crippen LogP) is 3.24. The molecule has 0 aliphatic carbocycles. The molecule has 3 rings (SSSR count). The van der Waals surface area contributed by atoms with E-state index in [4.69, 9.17) is 22.1 Å². The van der Waals surface area contributed by atoms with E-state index in [1.165, 1.54) is 0 Å². The number of benzene rings is 2. The standard InChI is InChI=1S/C19H18ClN3O2/c20-16-8-6-14(7-9-16)19-15(12-18(24)25-11-10-21)13-23(22-19)17-4-2-1-3-5-17/h1-9,13H,10-12,21H2. The van der Waals surface area contributed by atoms with Crippen LogP contribution in [0.4, 0.5) is 0 Å². The molecule has 0 fully saturated rings. The lowest BCUT2D eigenvalue weighted by Crippen LogP contribution is -2.15. The first-order chi connectivity index (χ1) is 12.2. The quantitative estimate of drug-likeness (QED) is 0.689. The van der Waals surface area contributed by atoms with Crippen LogP contribution >= 0.6 is 11.6 Å². The van der Waals surface area contributed by atoms with Gasteiger partial charge in [-0.05, 0) is 24.3 Å². The molecule has 0 unspecified atom stereocenters. The Morgan fingerprint density at radius 1 is 1.12 bits per heavy atom. The highest BCUT2D eigenvalue weighted by Crippen LogP contribution is 2.25. The van der Waals surface area contributed by atoms with Crippen molar-refractivity contribution in [1.82, 2.24) is 9.78 Å². The van der Waals surface area contributed by atoms with Crippen molar-refractivity contribution in [3.8, 4) is 16.9 Å². The van der Waals surface area contributed by atoms with Crippen LogP contribution in [0, 0.1) is 0 Å². The summed E-state index contributed by atoms with van der Waals surface area (Å²) in [6.07, 6.45) is 1.98.